The number of nitrogens with one attached hydrogen (secondary N) is 1. The van der Waals surface area contributed by atoms with Crippen molar-refractivity contribution in [2.45, 2.75) is 39.3 Å². The molecule has 0 aliphatic carbocycles. The molecule has 2 rings (SSSR count). The van der Waals surface area contributed by atoms with E-state index in [1.165, 1.54) is 5.56 Å². The maximum absolute atomic E-state index is 9.25. The summed E-state index contributed by atoms with van der Waals surface area (Å²) < 4.78 is 11.4. The summed E-state index contributed by atoms with van der Waals surface area (Å²) in [6, 6.07) is 8.14. The number of hydrogen-bond acceptors (Lipinski definition) is 4. The van der Waals surface area contributed by atoms with Crippen LogP contribution in [0.3, 0.4) is 0 Å². The van der Waals surface area contributed by atoms with Crippen molar-refractivity contribution >= 4 is 0 Å². The summed E-state index contributed by atoms with van der Waals surface area (Å²) in [5, 5.41) is 12.8. The van der Waals surface area contributed by atoms with Gasteiger partial charge in [-0.1, -0.05) is 18.2 Å². The van der Waals surface area contributed by atoms with Crippen LogP contribution in [0.2, 0.25) is 0 Å². The lowest BCUT2D eigenvalue weighted by atomic mass is 9.84. The third-order valence-electron chi connectivity index (χ3n) is 3.98. The Kier molecular flexibility index (Phi) is 6.03. The molecule has 1 aromatic rings. The molecule has 21 heavy (non-hydrogen) atoms. The first-order valence-corrected chi connectivity index (χ1v) is 7.79. The molecular weight excluding hydrogens is 266 g/mol. The van der Waals surface area contributed by atoms with Gasteiger partial charge in [0.25, 0.3) is 0 Å². The zero-order chi connectivity index (χ0) is 15.1. The van der Waals surface area contributed by atoms with E-state index < -0.39 is 0 Å². The van der Waals surface area contributed by atoms with Crippen LogP contribution in [0.4, 0.5) is 0 Å². The van der Waals surface area contributed by atoms with Gasteiger partial charge in [0.05, 0.1) is 12.7 Å². The summed E-state index contributed by atoms with van der Waals surface area (Å²) in [5.74, 6) is 0.943. The molecule has 1 saturated heterocycles. The topological polar surface area (TPSA) is 50.7 Å². The van der Waals surface area contributed by atoms with Crippen molar-refractivity contribution in [3.63, 3.8) is 0 Å². The van der Waals surface area contributed by atoms with Gasteiger partial charge in [-0.3, -0.25) is 0 Å². The highest BCUT2D eigenvalue weighted by Gasteiger charge is 2.33. The summed E-state index contributed by atoms with van der Waals surface area (Å²) in [4.78, 5) is 0. The molecule has 1 fully saturated rings. The van der Waals surface area contributed by atoms with Crippen LogP contribution in [0, 0.1) is 5.41 Å². The van der Waals surface area contributed by atoms with Crippen molar-refractivity contribution in [3.05, 3.63) is 29.8 Å². The van der Waals surface area contributed by atoms with Crippen LogP contribution in [0.15, 0.2) is 24.3 Å². The van der Waals surface area contributed by atoms with E-state index in [1.807, 2.05) is 32.0 Å². The van der Waals surface area contributed by atoms with E-state index in [0.29, 0.717) is 0 Å². The normalized spacial score (nSPS) is 21.9. The molecule has 118 valence electrons. The molecule has 1 atom stereocenters. The maximum Gasteiger partial charge on any atom is 0.124 e. The molecule has 1 unspecified atom stereocenters. The standard InChI is InChI=1S/C17H27NO3/c1-14(2)21-16-6-4-3-5-15(16)11-18-12-17(7-9-19)8-10-20-13-17/h3-6,14,18-19H,7-13H2,1-2H3. The summed E-state index contributed by atoms with van der Waals surface area (Å²) in [7, 11) is 0. The van der Waals surface area contributed by atoms with Crippen molar-refractivity contribution in [2.75, 3.05) is 26.4 Å². The fraction of sp³-hybridized carbons (Fsp3) is 0.647. The number of ether oxygens (including phenoxy) is 2. The minimum atomic E-state index is 0.0859. The van der Waals surface area contributed by atoms with E-state index in [4.69, 9.17) is 9.47 Å². The SMILES string of the molecule is CC(C)Oc1ccccc1CNCC1(CCO)CCOC1. The molecule has 0 aromatic heterocycles. The summed E-state index contributed by atoms with van der Waals surface area (Å²) in [6.07, 6.45) is 1.99. The molecule has 1 aliphatic heterocycles. The monoisotopic (exact) mass is 293 g/mol. The molecule has 2 N–H and O–H groups in total. The first-order valence-electron chi connectivity index (χ1n) is 7.79. The fourth-order valence-corrected chi connectivity index (χ4v) is 2.79. The molecule has 0 saturated carbocycles. The van der Waals surface area contributed by atoms with Crippen LogP contribution in [-0.2, 0) is 11.3 Å². The lowest BCUT2D eigenvalue weighted by Crippen LogP contribution is -2.35. The second-order valence-corrected chi connectivity index (χ2v) is 6.15. The zero-order valence-electron chi connectivity index (χ0n) is 13.1. The molecule has 1 aliphatic rings. The minimum absolute atomic E-state index is 0.0859. The van der Waals surface area contributed by atoms with Gasteiger partial charge in [0.1, 0.15) is 5.75 Å². The molecule has 4 nitrogen and oxygen atoms in total. The Hall–Kier alpha value is -1.10. The summed E-state index contributed by atoms with van der Waals surface area (Å²) in [6.45, 7) is 7.48. The third-order valence-corrected chi connectivity index (χ3v) is 3.98. The van der Waals surface area contributed by atoms with E-state index >= 15 is 0 Å². The Morgan fingerprint density at radius 1 is 1.38 bits per heavy atom. The van der Waals surface area contributed by atoms with Crippen LogP contribution < -0.4 is 10.1 Å². The van der Waals surface area contributed by atoms with Gasteiger partial charge in [0.15, 0.2) is 0 Å². The van der Waals surface area contributed by atoms with Gasteiger partial charge in [0.2, 0.25) is 0 Å². The Bertz CT molecular complexity index is 428. The molecule has 0 amide bonds. The van der Waals surface area contributed by atoms with Crippen LogP contribution in [-0.4, -0.2) is 37.6 Å². The second-order valence-electron chi connectivity index (χ2n) is 6.15. The van der Waals surface area contributed by atoms with Gasteiger partial charge in [-0.15, -0.1) is 0 Å². The van der Waals surface area contributed by atoms with E-state index in [2.05, 4.69) is 11.4 Å². The van der Waals surface area contributed by atoms with Gasteiger partial charge in [-0.2, -0.15) is 0 Å². The Balaban J connectivity index is 1.90. The molecule has 0 bridgehead atoms. The fourth-order valence-electron chi connectivity index (χ4n) is 2.79. The molecule has 4 heteroatoms. The Morgan fingerprint density at radius 2 is 2.19 bits per heavy atom. The average molecular weight is 293 g/mol. The van der Waals surface area contributed by atoms with Gasteiger partial charge >= 0.3 is 0 Å². The smallest absolute Gasteiger partial charge is 0.124 e. The van der Waals surface area contributed by atoms with Crippen LogP contribution in [0.25, 0.3) is 0 Å². The first kappa shape index (κ1) is 16.3. The van der Waals surface area contributed by atoms with Gasteiger partial charge < -0.3 is 19.9 Å². The number of benzene rings is 1. The van der Waals surface area contributed by atoms with Crippen molar-refractivity contribution in [3.8, 4) is 5.75 Å². The second kappa shape index (κ2) is 7.78. The first-order chi connectivity index (χ1) is 10.2. The lowest BCUT2D eigenvalue weighted by molar-refractivity contribution is 0.124. The molecule has 1 aromatic carbocycles. The minimum Gasteiger partial charge on any atom is -0.491 e. The van der Waals surface area contributed by atoms with E-state index in [0.717, 1.165) is 44.9 Å². The number of hydrogen-bond donors (Lipinski definition) is 2. The van der Waals surface area contributed by atoms with Crippen molar-refractivity contribution in [1.29, 1.82) is 0 Å². The number of rotatable bonds is 8. The van der Waals surface area contributed by atoms with Crippen molar-refractivity contribution < 1.29 is 14.6 Å². The predicted molar refractivity (Wildman–Crippen MR) is 83.5 cm³/mol. The molecule has 0 spiro atoms. The van der Waals surface area contributed by atoms with Crippen LogP contribution >= 0.6 is 0 Å². The highest BCUT2D eigenvalue weighted by atomic mass is 16.5. The van der Waals surface area contributed by atoms with E-state index in [9.17, 15) is 5.11 Å². The molecule has 0 radical (unpaired) electrons. The van der Waals surface area contributed by atoms with E-state index in [1.54, 1.807) is 0 Å². The summed E-state index contributed by atoms with van der Waals surface area (Å²) in [5.41, 5.74) is 1.26. The molecule has 1 heterocycles. The van der Waals surface area contributed by atoms with Crippen LogP contribution in [0.1, 0.15) is 32.3 Å². The number of para-hydroxylation sites is 1. The quantitative estimate of drug-likeness (QED) is 0.772. The van der Waals surface area contributed by atoms with Crippen LogP contribution in [0.5, 0.6) is 5.75 Å². The largest absolute Gasteiger partial charge is 0.491 e. The van der Waals surface area contributed by atoms with Gasteiger partial charge in [-0.05, 0) is 32.8 Å². The van der Waals surface area contributed by atoms with Gasteiger partial charge in [-0.25, -0.2) is 0 Å². The average Bonchev–Trinajstić information content (AvgIpc) is 2.89. The van der Waals surface area contributed by atoms with Crippen molar-refractivity contribution in [2.24, 2.45) is 5.41 Å². The Morgan fingerprint density at radius 3 is 2.86 bits per heavy atom. The summed E-state index contributed by atoms with van der Waals surface area (Å²) >= 11 is 0. The molecular formula is C17H27NO3. The third kappa shape index (κ3) is 4.70. The lowest BCUT2D eigenvalue weighted by Gasteiger charge is -2.27. The predicted octanol–water partition coefficient (Wildman–Crippen LogP) is 2.35. The van der Waals surface area contributed by atoms with Crippen molar-refractivity contribution in [1.82, 2.24) is 5.32 Å². The number of aliphatic hydroxyl groups excluding tert-OH is 1. The zero-order valence-corrected chi connectivity index (χ0v) is 13.1. The maximum atomic E-state index is 9.25. The highest BCUT2D eigenvalue weighted by Crippen LogP contribution is 2.31. The number of aliphatic hydroxyl groups is 1. The van der Waals surface area contributed by atoms with Gasteiger partial charge in [0, 0.05) is 37.3 Å². The van der Waals surface area contributed by atoms with E-state index in [-0.39, 0.29) is 18.1 Å². The highest BCUT2D eigenvalue weighted by molar-refractivity contribution is 5.33. The Labute approximate surface area is 127 Å².